The second-order valence-corrected chi connectivity index (χ2v) is 6.15. The minimum absolute atomic E-state index is 0.0468. The highest BCUT2D eigenvalue weighted by Gasteiger charge is 2.29. The van der Waals surface area contributed by atoms with E-state index in [1.165, 1.54) is 4.90 Å². The molecule has 1 aliphatic rings. The molecule has 2 rings (SSSR count). The Balaban J connectivity index is 1.74. The third-order valence-corrected chi connectivity index (χ3v) is 4.13. The van der Waals surface area contributed by atoms with Gasteiger partial charge < -0.3 is 15.0 Å². The summed E-state index contributed by atoms with van der Waals surface area (Å²) in [5, 5.41) is 2.49. The molecule has 0 aromatic heterocycles. The molecule has 1 fully saturated rings. The van der Waals surface area contributed by atoms with Crippen molar-refractivity contribution in [1.29, 1.82) is 0 Å². The predicted molar refractivity (Wildman–Crippen MR) is 84.9 cm³/mol. The zero-order chi connectivity index (χ0) is 20.0. The smallest absolute Gasteiger partial charge is 0.370 e. The second kappa shape index (κ2) is 9.12. The zero-order valence-corrected chi connectivity index (χ0v) is 14.3. The van der Waals surface area contributed by atoms with Crippen LogP contribution in [-0.2, 0) is 9.53 Å². The van der Waals surface area contributed by atoms with Gasteiger partial charge in [0, 0.05) is 31.6 Å². The number of amides is 2. The van der Waals surface area contributed by atoms with Gasteiger partial charge >= 0.3 is 6.18 Å². The number of carbonyl (C=O) groups is 2. The number of carbonyl (C=O) groups excluding carboxylic acids is 2. The fourth-order valence-corrected chi connectivity index (χ4v) is 2.76. The van der Waals surface area contributed by atoms with Gasteiger partial charge in [-0.1, -0.05) is 0 Å². The number of ether oxygens (including phenoxy) is 1. The highest BCUT2D eigenvalue weighted by molar-refractivity contribution is 5.94. The molecule has 150 valence electrons. The monoisotopic (exact) mass is 394 g/mol. The van der Waals surface area contributed by atoms with E-state index < -0.39 is 36.2 Å². The van der Waals surface area contributed by atoms with Crippen LogP contribution >= 0.6 is 0 Å². The zero-order valence-electron chi connectivity index (χ0n) is 14.3. The van der Waals surface area contributed by atoms with Gasteiger partial charge in [-0.25, -0.2) is 8.78 Å². The third kappa shape index (κ3) is 6.46. The summed E-state index contributed by atoms with van der Waals surface area (Å²) in [7, 11) is 0. The molecule has 1 saturated heterocycles. The summed E-state index contributed by atoms with van der Waals surface area (Å²) >= 11 is 0. The van der Waals surface area contributed by atoms with Crippen LogP contribution in [0.5, 0.6) is 0 Å². The lowest BCUT2D eigenvalue weighted by molar-refractivity contribution is -0.173. The van der Waals surface area contributed by atoms with E-state index in [4.69, 9.17) is 0 Å². The van der Waals surface area contributed by atoms with Crippen LogP contribution in [0.3, 0.4) is 0 Å². The van der Waals surface area contributed by atoms with Gasteiger partial charge in [-0.15, -0.1) is 0 Å². The van der Waals surface area contributed by atoms with Crippen molar-refractivity contribution in [3.05, 3.63) is 35.4 Å². The Morgan fingerprint density at radius 3 is 2.44 bits per heavy atom. The van der Waals surface area contributed by atoms with Gasteiger partial charge in [0.15, 0.2) is 0 Å². The standard InChI is InChI=1S/C17H19F5N2O3/c18-12-1-2-13(14(19)9-12)16(26)24-6-3-11(4-7-24)15(25)23-5-8-27-10-17(20,21)22/h1-2,9,11H,3-8,10H2,(H,23,25). The Kier molecular flexibility index (Phi) is 7.11. The molecule has 2 amide bonds. The quantitative estimate of drug-likeness (QED) is 0.596. The first-order valence-corrected chi connectivity index (χ1v) is 8.34. The van der Waals surface area contributed by atoms with E-state index in [0.717, 1.165) is 12.1 Å². The molecule has 0 aliphatic carbocycles. The predicted octanol–water partition coefficient (Wildman–Crippen LogP) is 2.51. The summed E-state index contributed by atoms with van der Waals surface area (Å²) < 4.78 is 66.8. The topological polar surface area (TPSA) is 58.6 Å². The summed E-state index contributed by atoms with van der Waals surface area (Å²) in [5.41, 5.74) is -0.235. The molecule has 0 atom stereocenters. The molecular weight excluding hydrogens is 375 g/mol. The van der Waals surface area contributed by atoms with Crippen molar-refractivity contribution in [3.8, 4) is 0 Å². The van der Waals surface area contributed by atoms with E-state index in [-0.39, 0.29) is 37.7 Å². The lowest BCUT2D eigenvalue weighted by Crippen LogP contribution is -2.43. The van der Waals surface area contributed by atoms with Crippen LogP contribution in [0.25, 0.3) is 0 Å². The number of nitrogens with one attached hydrogen (secondary N) is 1. The molecule has 1 N–H and O–H groups in total. The normalized spacial score (nSPS) is 15.7. The first kappa shape index (κ1) is 21.1. The van der Waals surface area contributed by atoms with Crippen LogP contribution in [0.15, 0.2) is 18.2 Å². The molecule has 0 bridgehead atoms. The lowest BCUT2D eigenvalue weighted by Gasteiger charge is -2.31. The number of piperidine rings is 1. The highest BCUT2D eigenvalue weighted by Crippen LogP contribution is 2.21. The molecule has 0 spiro atoms. The van der Waals surface area contributed by atoms with Gasteiger partial charge in [0.1, 0.15) is 18.2 Å². The van der Waals surface area contributed by atoms with Crippen molar-refractivity contribution in [2.45, 2.75) is 19.0 Å². The summed E-state index contributed by atoms with van der Waals surface area (Å²) in [6, 6.07) is 2.71. The molecule has 10 heteroatoms. The van der Waals surface area contributed by atoms with Crippen LogP contribution in [0.4, 0.5) is 22.0 Å². The Morgan fingerprint density at radius 2 is 1.85 bits per heavy atom. The number of hydrogen-bond acceptors (Lipinski definition) is 3. The highest BCUT2D eigenvalue weighted by atomic mass is 19.4. The Labute approximate surface area is 152 Å². The molecule has 0 radical (unpaired) electrons. The first-order valence-electron chi connectivity index (χ1n) is 8.34. The number of nitrogens with zero attached hydrogens (tertiary/aromatic N) is 1. The fraction of sp³-hybridized carbons (Fsp3) is 0.529. The van der Waals surface area contributed by atoms with Gasteiger partial charge in [-0.05, 0) is 25.0 Å². The Bertz CT molecular complexity index is 673. The summed E-state index contributed by atoms with van der Waals surface area (Å²) in [5.74, 6) is -3.02. The number of benzene rings is 1. The van der Waals surface area contributed by atoms with E-state index in [2.05, 4.69) is 10.1 Å². The average molecular weight is 394 g/mol. The SMILES string of the molecule is O=C(NCCOCC(F)(F)F)C1CCN(C(=O)c2ccc(F)cc2F)CC1. The maximum atomic E-state index is 13.7. The molecule has 1 heterocycles. The van der Waals surface area contributed by atoms with Gasteiger partial charge in [0.05, 0.1) is 12.2 Å². The van der Waals surface area contributed by atoms with Crippen LogP contribution in [0.2, 0.25) is 0 Å². The van der Waals surface area contributed by atoms with E-state index in [0.29, 0.717) is 18.9 Å². The van der Waals surface area contributed by atoms with Crippen LogP contribution in [0.1, 0.15) is 23.2 Å². The molecule has 1 aromatic carbocycles. The van der Waals surface area contributed by atoms with Crippen molar-refractivity contribution < 1.29 is 36.3 Å². The number of rotatable bonds is 6. The van der Waals surface area contributed by atoms with E-state index >= 15 is 0 Å². The van der Waals surface area contributed by atoms with E-state index in [1.54, 1.807) is 0 Å². The van der Waals surface area contributed by atoms with Crippen LogP contribution in [0, 0.1) is 17.6 Å². The maximum Gasteiger partial charge on any atom is 0.411 e. The molecule has 5 nitrogen and oxygen atoms in total. The number of likely N-dealkylation sites (tertiary alicyclic amines) is 1. The molecule has 1 aliphatic heterocycles. The lowest BCUT2D eigenvalue weighted by atomic mass is 9.95. The minimum atomic E-state index is -4.41. The molecule has 0 unspecified atom stereocenters. The molecule has 27 heavy (non-hydrogen) atoms. The van der Waals surface area contributed by atoms with Crippen LogP contribution < -0.4 is 5.32 Å². The van der Waals surface area contributed by atoms with Gasteiger partial charge in [-0.3, -0.25) is 9.59 Å². The summed E-state index contributed by atoms with van der Waals surface area (Å²) in [6.07, 6.45) is -3.74. The van der Waals surface area contributed by atoms with Crippen molar-refractivity contribution in [3.63, 3.8) is 0 Å². The maximum absolute atomic E-state index is 13.7. The molecule has 0 saturated carbocycles. The van der Waals surface area contributed by atoms with Crippen molar-refractivity contribution in [2.75, 3.05) is 32.8 Å². The van der Waals surface area contributed by atoms with Crippen LogP contribution in [-0.4, -0.2) is 55.7 Å². The van der Waals surface area contributed by atoms with Crippen molar-refractivity contribution >= 4 is 11.8 Å². The van der Waals surface area contributed by atoms with Crippen molar-refractivity contribution in [2.24, 2.45) is 5.92 Å². The minimum Gasteiger partial charge on any atom is -0.370 e. The second-order valence-electron chi connectivity index (χ2n) is 6.15. The number of alkyl halides is 3. The first-order chi connectivity index (χ1) is 12.7. The Hall–Kier alpha value is -2.23. The Morgan fingerprint density at radius 1 is 1.19 bits per heavy atom. The third-order valence-electron chi connectivity index (χ3n) is 4.13. The fourth-order valence-electron chi connectivity index (χ4n) is 2.76. The van der Waals surface area contributed by atoms with Gasteiger partial charge in [0.25, 0.3) is 5.91 Å². The van der Waals surface area contributed by atoms with E-state index in [1.807, 2.05) is 0 Å². The molecule has 1 aromatic rings. The summed E-state index contributed by atoms with van der Waals surface area (Å²) in [6.45, 7) is -1.23. The van der Waals surface area contributed by atoms with E-state index in [9.17, 15) is 31.5 Å². The number of hydrogen-bond donors (Lipinski definition) is 1. The van der Waals surface area contributed by atoms with Gasteiger partial charge in [0.2, 0.25) is 5.91 Å². The summed E-state index contributed by atoms with van der Waals surface area (Å²) in [4.78, 5) is 25.7. The van der Waals surface area contributed by atoms with Crippen molar-refractivity contribution in [1.82, 2.24) is 10.2 Å². The van der Waals surface area contributed by atoms with Gasteiger partial charge in [-0.2, -0.15) is 13.2 Å². The largest absolute Gasteiger partial charge is 0.411 e. The average Bonchev–Trinajstić information content (AvgIpc) is 2.60. The molecular formula is C17H19F5N2O3. The number of halogens is 5.